The van der Waals surface area contributed by atoms with Gasteiger partial charge >= 0.3 is 12.1 Å². The van der Waals surface area contributed by atoms with Gasteiger partial charge in [0.1, 0.15) is 11.2 Å². The molecule has 0 aliphatic rings. The van der Waals surface area contributed by atoms with Gasteiger partial charge in [0.05, 0.1) is 36.2 Å². The Balaban J connectivity index is 1.71. The molecule has 11 heteroatoms. The van der Waals surface area contributed by atoms with Crippen LogP contribution in [0.3, 0.4) is 0 Å². The van der Waals surface area contributed by atoms with Crippen LogP contribution in [0.25, 0.3) is 16.8 Å². The maximum absolute atomic E-state index is 14.0. The van der Waals surface area contributed by atoms with E-state index in [1.165, 1.54) is 42.1 Å². The lowest BCUT2D eigenvalue weighted by atomic mass is 9.80. The molecule has 0 unspecified atom stereocenters. The molecule has 1 atom stereocenters. The van der Waals surface area contributed by atoms with Gasteiger partial charge in [-0.3, -0.25) is 9.48 Å². The quantitative estimate of drug-likeness (QED) is 0.203. The van der Waals surface area contributed by atoms with Gasteiger partial charge in [-0.25, -0.2) is 13.9 Å². The molecule has 3 heterocycles. The Morgan fingerprint density at radius 2 is 1.79 bits per heavy atom. The van der Waals surface area contributed by atoms with E-state index in [1.807, 2.05) is 0 Å². The van der Waals surface area contributed by atoms with Gasteiger partial charge in [0.2, 0.25) is 0 Å². The molecule has 0 saturated heterocycles. The Morgan fingerprint density at radius 3 is 2.44 bits per heavy atom. The highest BCUT2D eigenvalue weighted by Gasteiger charge is 2.40. The fourth-order valence-corrected chi connectivity index (χ4v) is 4.73. The molecule has 0 aliphatic carbocycles. The Kier molecular flexibility index (Phi) is 6.67. The summed E-state index contributed by atoms with van der Waals surface area (Å²) in [6, 6.07) is 14.0. The minimum absolute atomic E-state index is 0.0977. The Labute approximate surface area is 220 Å². The van der Waals surface area contributed by atoms with Crippen molar-refractivity contribution in [3.63, 3.8) is 0 Å². The van der Waals surface area contributed by atoms with Crippen LogP contribution in [0.5, 0.6) is 0 Å². The molecule has 5 rings (SSSR count). The van der Waals surface area contributed by atoms with Gasteiger partial charge in [-0.2, -0.15) is 23.4 Å². The average molecular weight is 538 g/mol. The second-order valence-electron chi connectivity index (χ2n) is 9.30. The molecule has 2 aromatic carbocycles. The number of aromatic nitrogens is 5. The molecular weight excluding hydrogens is 514 g/mol. The second-order valence-corrected chi connectivity index (χ2v) is 9.30. The summed E-state index contributed by atoms with van der Waals surface area (Å²) < 4.78 is 62.0. The van der Waals surface area contributed by atoms with Crippen LogP contribution >= 0.6 is 0 Å². The minimum atomic E-state index is -4.48. The van der Waals surface area contributed by atoms with Gasteiger partial charge in [0, 0.05) is 18.6 Å². The fourth-order valence-electron chi connectivity index (χ4n) is 4.73. The van der Waals surface area contributed by atoms with Crippen molar-refractivity contribution in [2.45, 2.75) is 31.5 Å². The molecule has 0 amide bonds. The van der Waals surface area contributed by atoms with Crippen LogP contribution in [-0.2, 0) is 34.1 Å². The van der Waals surface area contributed by atoms with Crippen molar-refractivity contribution in [3.8, 4) is 11.1 Å². The largest absolute Gasteiger partial charge is 0.468 e. The SMILES string of the molecule is COC(=O)[C@](C)(Cc1cccc(F)c1)c1ccnc2c(-c3ccc(C(F)(F)F)cc3)c(Cn3cccn3)nn12. The number of rotatable bonds is 7. The number of benzene rings is 2. The number of alkyl halides is 3. The van der Waals surface area contributed by atoms with Crippen molar-refractivity contribution < 1.29 is 27.1 Å². The summed E-state index contributed by atoms with van der Waals surface area (Å²) >= 11 is 0. The molecule has 7 nitrogen and oxygen atoms in total. The number of carbonyl (C=O) groups excluding carboxylic acids is 1. The molecule has 39 heavy (non-hydrogen) atoms. The first-order valence-electron chi connectivity index (χ1n) is 11.9. The number of nitrogens with zero attached hydrogens (tertiary/aromatic N) is 5. The molecule has 0 N–H and O–H groups in total. The van der Waals surface area contributed by atoms with Crippen molar-refractivity contribution in [1.29, 1.82) is 0 Å². The zero-order chi connectivity index (χ0) is 27.8. The predicted octanol–water partition coefficient (Wildman–Crippen LogP) is 5.47. The lowest BCUT2D eigenvalue weighted by Crippen LogP contribution is -2.38. The smallest absolute Gasteiger partial charge is 0.416 e. The van der Waals surface area contributed by atoms with E-state index in [-0.39, 0.29) is 13.0 Å². The summed E-state index contributed by atoms with van der Waals surface area (Å²) in [5.41, 5.74) is 0.686. The first-order chi connectivity index (χ1) is 18.6. The maximum Gasteiger partial charge on any atom is 0.416 e. The maximum atomic E-state index is 14.0. The fraction of sp³-hybridized carbons (Fsp3) is 0.214. The molecule has 0 bridgehead atoms. The zero-order valence-corrected chi connectivity index (χ0v) is 21.0. The number of fused-ring (bicyclic) bond motifs is 1. The summed E-state index contributed by atoms with van der Waals surface area (Å²) in [6.07, 6.45) is 0.453. The second kappa shape index (κ2) is 9.97. The number of methoxy groups -OCH3 is 1. The third kappa shape index (κ3) is 4.99. The van der Waals surface area contributed by atoms with Crippen LogP contribution in [-0.4, -0.2) is 37.5 Å². The van der Waals surface area contributed by atoms with Crippen LogP contribution in [0.1, 0.15) is 29.4 Å². The molecular formula is C28H23F4N5O2. The van der Waals surface area contributed by atoms with Crippen molar-refractivity contribution in [3.05, 3.63) is 108 Å². The van der Waals surface area contributed by atoms with Crippen molar-refractivity contribution >= 4 is 11.6 Å². The first kappa shape index (κ1) is 26.1. The van der Waals surface area contributed by atoms with E-state index in [9.17, 15) is 22.4 Å². The summed E-state index contributed by atoms with van der Waals surface area (Å²) in [7, 11) is 1.27. The van der Waals surface area contributed by atoms with Crippen molar-refractivity contribution in [2.75, 3.05) is 7.11 Å². The van der Waals surface area contributed by atoms with E-state index in [2.05, 4.69) is 10.1 Å². The number of hydrogen-bond donors (Lipinski definition) is 0. The van der Waals surface area contributed by atoms with E-state index in [4.69, 9.17) is 9.84 Å². The normalized spacial score (nSPS) is 13.4. The molecule has 0 fully saturated rings. The molecule has 0 saturated carbocycles. The molecule has 5 aromatic rings. The standard InChI is InChI=1S/C28H23F4N5O2/c1-27(26(38)39-2,16-18-5-3-6-21(29)15-18)23-11-13-33-25-24(19-7-9-20(10-8-19)28(30,31)32)22(35-37(23)25)17-36-14-4-12-34-36/h3-15H,16-17H2,1-2H3/t27-/m1/s1. The molecule has 0 aliphatic heterocycles. The molecule has 0 spiro atoms. The summed E-state index contributed by atoms with van der Waals surface area (Å²) in [6.45, 7) is 1.87. The Bertz CT molecular complexity index is 1630. The predicted molar refractivity (Wildman–Crippen MR) is 134 cm³/mol. The lowest BCUT2D eigenvalue weighted by molar-refractivity contribution is -0.147. The van der Waals surface area contributed by atoms with E-state index >= 15 is 0 Å². The molecule has 0 radical (unpaired) electrons. The van der Waals surface area contributed by atoms with Gasteiger partial charge in [-0.1, -0.05) is 24.3 Å². The van der Waals surface area contributed by atoms with E-state index in [0.717, 1.165) is 12.1 Å². The van der Waals surface area contributed by atoms with Crippen LogP contribution in [0.2, 0.25) is 0 Å². The highest BCUT2D eigenvalue weighted by Crippen LogP contribution is 2.36. The van der Waals surface area contributed by atoms with Crippen LogP contribution in [0.4, 0.5) is 17.6 Å². The van der Waals surface area contributed by atoms with Gasteiger partial charge in [0.25, 0.3) is 0 Å². The van der Waals surface area contributed by atoms with E-state index < -0.39 is 28.9 Å². The average Bonchev–Trinajstić information content (AvgIpc) is 3.55. The highest BCUT2D eigenvalue weighted by molar-refractivity contribution is 5.84. The van der Waals surface area contributed by atoms with Gasteiger partial charge < -0.3 is 4.74 Å². The molecule has 200 valence electrons. The van der Waals surface area contributed by atoms with Crippen LogP contribution in [0.15, 0.2) is 79.3 Å². The van der Waals surface area contributed by atoms with Crippen molar-refractivity contribution in [1.82, 2.24) is 24.4 Å². The third-order valence-corrected chi connectivity index (χ3v) is 6.61. The summed E-state index contributed by atoms with van der Waals surface area (Å²) in [4.78, 5) is 17.7. The first-order valence-corrected chi connectivity index (χ1v) is 11.9. The number of esters is 1. The van der Waals surface area contributed by atoms with E-state index in [1.54, 1.807) is 48.3 Å². The molecule has 3 aromatic heterocycles. The highest BCUT2D eigenvalue weighted by atomic mass is 19.4. The topological polar surface area (TPSA) is 74.3 Å². The summed E-state index contributed by atoms with van der Waals surface area (Å²) in [5.74, 6) is -1.01. The number of hydrogen-bond acceptors (Lipinski definition) is 5. The summed E-state index contributed by atoms with van der Waals surface area (Å²) in [5, 5.41) is 8.99. The van der Waals surface area contributed by atoms with Crippen LogP contribution < -0.4 is 0 Å². The van der Waals surface area contributed by atoms with Gasteiger partial charge in [-0.05, 0) is 60.9 Å². The monoisotopic (exact) mass is 537 g/mol. The van der Waals surface area contributed by atoms with E-state index in [0.29, 0.717) is 33.7 Å². The lowest BCUT2D eigenvalue weighted by Gasteiger charge is -2.27. The van der Waals surface area contributed by atoms with Gasteiger partial charge in [-0.15, -0.1) is 0 Å². The van der Waals surface area contributed by atoms with Crippen LogP contribution in [0, 0.1) is 5.82 Å². The minimum Gasteiger partial charge on any atom is -0.468 e. The third-order valence-electron chi connectivity index (χ3n) is 6.61. The Morgan fingerprint density at radius 1 is 1.03 bits per heavy atom. The number of carbonyl (C=O) groups is 1. The van der Waals surface area contributed by atoms with Crippen molar-refractivity contribution in [2.24, 2.45) is 0 Å². The number of ether oxygens (including phenoxy) is 1. The number of halogens is 4. The zero-order valence-electron chi connectivity index (χ0n) is 21.0. The Hall–Kier alpha value is -4.54. The van der Waals surface area contributed by atoms with Gasteiger partial charge in [0.15, 0.2) is 5.65 Å².